The number of hydrogen-bond acceptors (Lipinski definition) is 3. The van der Waals surface area contributed by atoms with Gasteiger partial charge in [-0.2, -0.15) is 5.10 Å². The van der Waals surface area contributed by atoms with Gasteiger partial charge in [0.1, 0.15) is 12.2 Å². The highest BCUT2D eigenvalue weighted by Crippen LogP contribution is 2.11. The third-order valence-corrected chi connectivity index (χ3v) is 3.16. The summed E-state index contributed by atoms with van der Waals surface area (Å²) in [5, 5.41) is 9.41. The molecule has 1 aromatic heterocycles. The van der Waals surface area contributed by atoms with Crippen LogP contribution in [-0.4, -0.2) is 21.1 Å². The molecule has 2 aromatic rings. The summed E-state index contributed by atoms with van der Waals surface area (Å²) in [4.78, 5) is 16.0. The molecule has 2 N–H and O–H groups in total. The number of nitrogens with zero attached hydrogens (tertiary/aromatic N) is 2. The molecule has 19 heavy (non-hydrogen) atoms. The maximum Gasteiger partial charge on any atom is 0.224 e. The molecule has 5 heteroatoms. The lowest BCUT2D eigenvalue weighted by molar-refractivity contribution is -0.121. The Balaban J connectivity index is 1.95. The van der Waals surface area contributed by atoms with Gasteiger partial charge < -0.3 is 5.32 Å². The van der Waals surface area contributed by atoms with Crippen molar-refractivity contribution in [3.8, 4) is 0 Å². The van der Waals surface area contributed by atoms with Crippen LogP contribution in [0.5, 0.6) is 0 Å². The number of H-pyrrole nitrogens is 1. The Bertz CT molecular complexity index is 563. The minimum Gasteiger partial charge on any atom is -0.346 e. The van der Waals surface area contributed by atoms with Gasteiger partial charge in [-0.3, -0.25) is 9.89 Å². The van der Waals surface area contributed by atoms with Crippen molar-refractivity contribution in [1.82, 2.24) is 20.5 Å². The second-order valence-corrected chi connectivity index (χ2v) is 4.76. The van der Waals surface area contributed by atoms with E-state index >= 15 is 0 Å². The van der Waals surface area contributed by atoms with Crippen LogP contribution in [0.4, 0.5) is 0 Å². The van der Waals surface area contributed by atoms with Crippen LogP contribution in [0.1, 0.15) is 35.5 Å². The minimum absolute atomic E-state index is 0.0212. The van der Waals surface area contributed by atoms with Crippen molar-refractivity contribution in [1.29, 1.82) is 0 Å². The molecule has 0 aliphatic carbocycles. The van der Waals surface area contributed by atoms with Gasteiger partial charge in [0.2, 0.25) is 5.91 Å². The van der Waals surface area contributed by atoms with E-state index in [0.29, 0.717) is 12.2 Å². The fourth-order valence-corrected chi connectivity index (χ4v) is 1.88. The number of amides is 1. The predicted octanol–water partition coefficient (Wildman–Crippen LogP) is 1.84. The molecule has 1 heterocycles. The van der Waals surface area contributed by atoms with Crippen molar-refractivity contribution < 1.29 is 4.79 Å². The summed E-state index contributed by atoms with van der Waals surface area (Å²) >= 11 is 0. The summed E-state index contributed by atoms with van der Waals surface area (Å²) in [5.74, 6) is 0.639. The van der Waals surface area contributed by atoms with Crippen molar-refractivity contribution in [2.24, 2.45) is 0 Å². The van der Waals surface area contributed by atoms with Gasteiger partial charge in [0, 0.05) is 0 Å². The number of hydrogen-bond donors (Lipinski definition) is 2. The van der Waals surface area contributed by atoms with E-state index in [4.69, 9.17) is 0 Å². The molecule has 0 saturated carbocycles. The Hall–Kier alpha value is -2.17. The van der Waals surface area contributed by atoms with Crippen LogP contribution in [0.3, 0.4) is 0 Å². The number of rotatable bonds is 4. The summed E-state index contributed by atoms with van der Waals surface area (Å²) in [6, 6.07) is 5.91. The number of aromatic amines is 1. The van der Waals surface area contributed by atoms with Crippen LogP contribution in [0.25, 0.3) is 0 Å². The largest absolute Gasteiger partial charge is 0.346 e. The zero-order valence-electron chi connectivity index (χ0n) is 11.4. The summed E-state index contributed by atoms with van der Waals surface area (Å²) in [6.07, 6.45) is 1.81. The number of aryl methyl sites for hydroxylation is 2. The van der Waals surface area contributed by atoms with Crippen molar-refractivity contribution in [2.75, 3.05) is 0 Å². The highest BCUT2D eigenvalue weighted by Gasteiger charge is 2.12. The SMILES string of the molecule is Cc1ccc(CC(=O)NC(C)c2ncn[nH]2)cc1C. The lowest BCUT2D eigenvalue weighted by atomic mass is 10.0. The quantitative estimate of drug-likeness (QED) is 0.879. The van der Waals surface area contributed by atoms with Crippen LogP contribution >= 0.6 is 0 Å². The number of aromatic nitrogens is 3. The molecule has 0 bridgehead atoms. The summed E-state index contributed by atoms with van der Waals surface area (Å²) in [5.41, 5.74) is 3.46. The zero-order chi connectivity index (χ0) is 13.8. The molecule has 5 nitrogen and oxygen atoms in total. The van der Waals surface area contributed by atoms with Gasteiger partial charge in [0.15, 0.2) is 0 Å². The molecular weight excluding hydrogens is 240 g/mol. The lowest BCUT2D eigenvalue weighted by Gasteiger charge is -2.11. The van der Waals surface area contributed by atoms with Crippen molar-refractivity contribution in [2.45, 2.75) is 33.2 Å². The first-order valence-corrected chi connectivity index (χ1v) is 6.27. The highest BCUT2D eigenvalue weighted by molar-refractivity contribution is 5.78. The molecule has 100 valence electrons. The molecule has 0 aliphatic rings. The van der Waals surface area contributed by atoms with Crippen LogP contribution in [0, 0.1) is 13.8 Å². The van der Waals surface area contributed by atoms with Gasteiger partial charge in [-0.25, -0.2) is 4.98 Å². The summed E-state index contributed by atoms with van der Waals surface area (Å²) < 4.78 is 0. The summed E-state index contributed by atoms with van der Waals surface area (Å²) in [6.45, 7) is 5.98. The molecule has 1 aromatic carbocycles. The summed E-state index contributed by atoms with van der Waals surface area (Å²) in [7, 11) is 0. The van der Waals surface area contributed by atoms with E-state index in [0.717, 1.165) is 5.56 Å². The Morgan fingerprint density at radius 3 is 2.79 bits per heavy atom. The van der Waals surface area contributed by atoms with E-state index in [-0.39, 0.29) is 11.9 Å². The molecule has 0 radical (unpaired) electrons. The third kappa shape index (κ3) is 3.40. The number of carbonyl (C=O) groups excluding carboxylic acids is 1. The molecule has 0 aliphatic heterocycles. The molecule has 2 rings (SSSR count). The normalized spacial score (nSPS) is 12.2. The molecule has 1 atom stereocenters. The van der Waals surface area contributed by atoms with Gasteiger partial charge in [-0.15, -0.1) is 0 Å². The Kier molecular flexibility index (Phi) is 3.94. The van der Waals surface area contributed by atoms with Gasteiger partial charge in [-0.05, 0) is 37.5 Å². The topological polar surface area (TPSA) is 70.7 Å². The van der Waals surface area contributed by atoms with Crippen LogP contribution < -0.4 is 5.32 Å². The average Bonchev–Trinajstić information content (AvgIpc) is 2.87. The van der Waals surface area contributed by atoms with Crippen LogP contribution in [-0.2, 0) is 11.2 Å². The number of carbonyl (C=O) groups is 1. The lowest BCUT2D eigenvalue weighted by Crippen LogP contribution is -2.28. The molecule has 0 saturated heterocycles. The van der Waals surface area contributed by atoms with E-state index < -0.39 is 0 Å². The van der Waals surface area contributed by atoms with Gasteiger partial charge in [0.05, 0.1) is 12.5 Å². The monoisotopic (exact) mass is 258 g/mol. The van der Waals surface area contributed by atoms with Gasteiger partial charge in [0.25, 0.3) is 0 Å². The average molecular weight is 258 g/mol. The molecule has 1 unspecified atom stereocenters. The second-order valence-electron chi connectivity index (χ2n) is 4.76. The third-order valence-electron chi connectivity index (χ3n) is 3.16. The standard InChI is InChI=1S/C14H18N4O/c1-9-4-5-12(6-10(9)2)7-13(19)17-11(3)14-15-8-16-18-14/h4-6,8,11H,7H2,1-3H3,(H,17,19)(H,15,16,18). The maximum absolute atomic E-state index is 11.9. The molecule has 0 fully saturated rings. The Morgan fingerprint density at radius 1 is 1.37 bits per heavy atom. The first-order valence-electron chi connectivity index (χ1n) is 6.27. The van der Waals surface area contributed by atoms with Crippen molar-refractivity contribution >= 4 is 5.91 Å². The second kappa shape index (κ2) is 5.65. The number of benzene rings is 1. The van der Waals surface area contributed by atoms with Crippen LogP contribution in [0.2, 0.25) is 0 Å². The minimum atomic E-state index is -0.165. The van der Waals surface area contributed by atoms with E-state index in [9.17, 15) is 4.79 Å². The molecule has 0 spiro atoms. The van der Waals surface area contributed by atoms with E-state index in [1.807, 2.05) is 32.0 Å². The van der Waals surface area contributed by atoms with Crippen molar-refractivity contribution in [3.63, 3.8) is 0 Å². The first-order chi connectivity index (χ1) is 9.06. The fraction of sp³-hybridized carbons (Fsp3) is 0.357. The van der Waals surface area contributed by atoms with Crippen LogP contribution in [0.15, 0.2) is 24.5 Å². The molecule has 1 amide bonds. The van der Waals surface area contributed by atoms with E-state index in [1.54, 1.807) is 0 Å². The van der Waals surface area contributed by atoms with E-state index in [1.165, 1.54) is 17.5 Å². The maximum atomic E-state index is 11.9. The number of nitrogens with one attached hydrogen (secondary N) is 2. The van der Waals surface area contributed by atoms with E-state index in [2.05, 4.69) is 27.4 Å². The Morgan fingerprint density at radius 2 is 2.16 bits per heavy atom. The zero-order valence-corrected chi connectivity index (χ0v) is 11.4. The van der Waals surface area contributed by atoms with Gasteiger partial charge in [-0.1, -0.05) is 18.2 Å². The smallest absolute Gasteiger partial charge is 0.224 e. The highest BCUT2D eigenvalue weighted by atomic mass is 16.1. The van der Waals surface area contributed by atoms with Crippen molar-refractivity contribution in [3.05, 3.63) is 47.0 Å². The fourth-order valence-electron chi connectivity index (χ4n) is 1.88. The first kappa shape index (κ1) is 13.3. The molecular formula is C14H18N4O. The van der Waals surface area contributed by atoms with Gasteiger partial charge >= 0.3 is 0 Å². The Labute approximate surface area is 112 Å². The predicted molar refractivity (Wildman–Crippen MR) is 72.6 cm³/mol.